The average Bonchev–Trinajstić information content (AvgIpc) is 2.68. The van der Waals surface area contributed by atoms with Crippen LogP contribution in [0, 0.1) is 0 Å². The number of hydrogen-bond acceptors (Lipinski definition) is 2. The van der Waals surface area contributed by atoms with Gasteiger partial charge in [-0.25, -0.2) is 0 Å². The third-order valence-electron chi connectivity index (χ3n) is 4.17. The summed E-state index contributed by atoms with van der Waals surface area (Å²) in [5.41, 5.74) is 2.95. The van der Waals surface area contributed by atoms with Crippen LogP contribution in [-0.4, -0.2) is 13.0 Å². The third kappa shape index (κ3) is 4.64. The molecule has 0 saturated heterocycles. The summed E-state index contributed by atoms with van der Waals surface area (Å²) in [6.45, 7) is 0. The number of amides is 1. The molecule has 1 atom stereocenters. The lowest BCUT2D eigenvalue weighted by atomic mass is 9.98. The SMILES string of the molecule is COc1ccc(CC(=O)NC(c2ccccc2)c2ccc(Cl)cc2)cc1. The highest BCUT2D eigenvalue weighted by atomic mass is 35.5. The third-order valence-corrected chi connectivity index (χ3v) is 4.42. The predicted octanol–water partition coefficient (Wildman–Crippen LogP) is 4.80. The summed E-state index contributed by atoms with van der Waals surface area (Å²) in [5.74, 6) is 0.733. The van der Waals surface area contributed by atoms with Gasteiger partial charge in [0, 0.05) is 5.02 Å². The standard InChI is InChI=1S/C22H20ClNO2/c1-26-20-13-7-16(8-14-20)15-21(25)24-22(17-5-3-2-4-6-17)18-9-11-19(23)12-10-18/h2-14,22H,15H2,1H3,(H,24,25). The molecule has 132 valence electrons. The van der Waals surface area contributed by atoms with Gasteiger partial charge in [0.15, 0.2) is 0 Å². The van der Waals surface area contributed by atoms with Crippen LogP contribution in [0.2, 0.25) is 5.02 Å². The molecule has 0 aliphatic rings. The Balaban J connectivity index is 1.78. The van der Waals surface area contributed by atoms with Crippen LogP contribution in [0.25, 0.3) is 0 Å². The van der Waals surface area contributed by atoms with Gasteiger partial charge in [0.1, 0.15) is 5.75 Å². The van der Waals surface area contributed by atoms with Gasteiger partial charge in [-0.3, -0.25) is 4.79 Å². The molecule has 1 unspecified atom stereocenters. The lowest BCUT2D eigenvalue weighted by Crippen LogP contribution is -2.30. The van der Waals surface area contributed by atoms with Crippen molar-refractivity contribution < 1.29 is 9.53 Å². The Morgan fingerprint density at radius 2 is 1.54 bits per heavy atom. The largest absolute Gasteiger partial charge is 0.497 e. The summed E-state index contributed by atoms with van der Waals surface area (Å²) in [7, 11) is 1.62. The van der Waals surface area contributed by atoms with Crippen molar-refractivity contribution in [1.29, 1.82) is 0 Å². The number of carbonyl (C=O) groups excluding carboxylic acids is 1. The van der Waals surface area contributed by atoms with Crippen molar-refractivity contribution in [1.82, 2.24) is 5.32 Å². The zero-order valence-corrected chi connectivity index (χ0v) is 15.2. The molecule has 0 bridgehead atoms. The molecule has 0 heterocycles. The van der Waals surface area contributed by atoms with Crippen LogP contribution < -0.4 is 10.1 Å². The summed E-state index contributed by atoms with van der Waals surface area (Å²) in [6.07, 6.45) is 0.306. The van der Waals surface area contributed by atoms with Crippen LogP contribution in [0.3, 0.4) is 0 Å². The van der Waals surface area contributed by atoms with Crippen molar-refractivity contribution >= 4 is 17.5 Å². The summed E-state index contributed by atoms with van der Waals surface area (Å²) in [6, 6.07) is 24.7. The monoisotopic (exact) mass is 365 g/mol. The highest BCUT2D eigenvalue weighted by Crippen LogP contribution is 2.24. The maximum absolute atomic E-state index is 12.6. The second-order valence-electron chi connectivity index (χ2n) is 5.99. The Labute approximate surface area is 158 Å². The molecule has 26 heavy (non-hydrogen) atoms. The molecule has 3 aromatic carbocycles. The first-order valence-corrected chi connectivity index (χ1v) is 8.76. The van der Waals surface area contributed by atoms with Crippen LogP contribution in [-0.2, 0) is 11.2 Å². The quantitative estimate of drug-likeness (QED) is 0.681. The lowest BCUT2D eigenvalue weighted by molar-refractivity contribution is -0.120. The van der Waals surface area contributed by atoms with E-state index in [1.165, 1.54) is 0 Å². The number of hydrogen-bond donors (Lipinski definition) is 1. The molecule has 0 radical (unpaired) electrons. The van der Waals surface area contributed by atoms with Crippen LogP contribution in [0.15, 0.2) is 78.9 Å². The van der Waals surface area contributed by atoms with Gasteiger partial charge < -0.3 is 10.1 Å². The number of ether oxygens (including phenoxy) is 1. The first-order chi connectivity index (χ1) is 12.7. The summed E-state index contributed by atoms with van der Waals surface area (Å²) >= 11 is 6.00. The van der Waals surface area contributed by atoms with Gasteiger partial charge in [0.05, 0.1) is 19.6 Å². The van der Waals surface area contributed by atoms with E-state index in [2.05, 4.69) is 5.32 Å². The van der Waals surface area contributed by atoms with Gasteiger partial charge in [0.25, 0.3) is 0 Å². The normalized spacial score (nSPS) is 11.6. The van der Waals surface area contributed by atoms with Crippen molar-refractivity contribution in [2.24, 2.45) is 0 Å². The molecule has 1 amide bonds. The zero-order chi connectivity index (χ0) is 18.4. The van der Waals surface area contributed by atoms with Crippen LogP contribution in [0.1, 0.15) is 22.7 Å². The fourth-order valence-electron chi connectivity index (χ4n) is 2.80. The maximum atomic E-state index is 12.6. The highest BCUT2D eigenvalue weighted by Gasteiger charge is 2.17. The summed E-state index contributed by atoms with van der Waals surface area (Å²) < 4.78 is 5.15. The Hall–Kier alpha value is -2.78. The minimum atomic E-state index is -0.223. The summed E-state index contributed by atoms with van der Waals surface area (Å²) in [4.78, 5) is 12.6. The molecular weight excluding hydrogens is 346 g/mol. The molecule has 0 aliphatic carbocycles. The number of nitrogens with one attached hydrogen (secondary N) is 1. The minimum Gasteiger partial charge on any atom is -0.497 e. The Kier molecular flexibility index (Phi) is 5.92. The molecule has 3 aromatic rings. The fourth-order valence-corrected chi connectivity index (χ4v) is 2.93. The van der Waals surface area contributed by atoms with Crippen molar-refractivity contribution in [3.8, 4) is 5.75 Å². The van der Waals surface area contributed by atoms with Gasteiger partial charge in [-0.05, 0) is 41.0 Å². The maximum Gasteiger partial charge on any atom is 0.225 e. The Morgan fingerprint density at radius 1 is 0.923 bits per heavy atom. The van der Waals surface area contributed by atoms with E-state index in [9.17, 15) is 4.79 Å². The first kappa shape index (κ1) is 18.0. The van der Waals surface area contributed by atoms with Gasteiger partial charge in [-0.1, -0.05) is 66.2 Å². The van der Waals surface area contributed by atoms with Crippen molar-refractivity contribution in [2.45, 2.75) is 12.5 Å². The average molecular weight is 366 g/mol. The lowest BCUT2D eigenvalue weighted by Gasteiger charge is -2.20. The number of methoxy groups -OCH3 is 1. The van der Waals surface area contributed by atoms with E-state index in [0.29, 0.717) is 11.4 Å². The van der Waals surface area contributed by atoms with Gasteiger partial charge in [0.2, 0.25) is 5.91 Å². The van der Waals surface area contributed by atoms with E-state index in [0.717, 1.165) is 22.4 Å². The van der Waals surface area contributed by atoms with Gasteiger partial charge in [-0.2, -0.15) is 0 Å². The summed E-state index contributed by atoms with van der Waals surface area (Å²) in [5, 5.41) is 3.80. The van der Waals surface area contributed by atoms with Crippen LogP contribution >= 0.6 is 11.6 Å². The Morgan fingerprint density at radius 3 is 2.15 bits per heavy atom. The molecule has 0 fully saturated rings. The predicted molar refractivity (Wildman–Crippen MR) is 105 cm³/mol. The molecule has 0 aromatic heterocycles. The van der Waals surface area contributed by atoms with Crippen LogP contribution in [0.4, 0.5) is 0 Å². The van der Waals surface area contributed by atoms with Gasteiger partial charge >= 0.3 is 0 Å². The van der Waals surface area contributed by atoms with Gasteiger partial charge in [-0.15, -0.1) is 0 Å². The van der Waals surface area contributed by atoms with Crippen molar-refractivity contribution in [3.05, 3.63) is 101 Å². The molecule has 4 heteroatoms. The Bertz CT molecular complexity index is 846. The second kappa shape index (κ2) is 8.54. The number of rotatable bonds is 6. The zero-order valence-electron chi connectivity index (χ0n) is 14.5. The van der Waals surface area contributed by atoms with Crippen molar-refractivity contribution in [3.63, 3.8) is 0 Å². The molecule has 0 aliphatic heterocycles. The van der Waals surface area contributed by atoms with E-state index in [1.54, 1.807) is 7.11 Å². The van der Waals surface area contributed by atoms with E-state index >= 15 is 0 Å². The minimum absolute atomic E-state index is 0.0426. The molecule has 1 N–H and O–H groups in total. The first-order valence-electron chi connectivity index (χ1n) is 8.38. The fraction of sp³-hybridized carbons (Fsp3) is 0.136. The molecule has 3 rings (SSSR count). The highest BCUT2D eigenvalue weighted by molar-refractivity contribution is 6.30. The number of halogens is 1. The van der Waals surface area contributed by atoms with E-state index in [-0.39, 0.29) is 11.9 Å². The van der Waals surface area contributed by atoms with Crippen LogP contribution in [0.5, 0.6) is 5.75 Å². The number of benzene rings is 3. The molecule has 0 spiro atoms. The van der Waals surface area contributed by atoms with E-state index in [4.69, 9.17) is 16.3 Å². The van der Waals surface area contributed by atoms with E-state index in [1.807, 2.05) is 78.9 Å². The molecule has 3 nitrogen and oxygen atoms in total. The van der Waals surface area contributed by atoms with E-state index < -0.39 is 0 Å². The van der Waals surface area contributed by atoms with Crippen molar-refractivity contribution in [2.75, 3.05) is 7.11 Å². The topological polar surface area (TPSA) is 38.3 Å². The molecule has 0 saturated carbocycles. The smallest absolute Gasteiger partial charge is 0.225 e. The molecular formula is C22H20ClNO2. The number of carbonyl (C=O) groups is 1. The second-order valence-corrected chi connectivity index (χ2v) is 6.42.